The topological polar surface area (TPSA) is 52.6 Å². The average Bonchev–Trinajstić information content (AvgIpc) is 2.37. The third-order valence-corrected chi connectivity index (χ3v) is 3.57. The molecule has 2 atom stereocenters. The maximum Gasteiger partial charge on any atom is 0.222 e. The fourth-order valence-electron chi connectivity index (χ4n) is 2.67. The molecule has 0 radical (unpaired) electrons. The highest BCUT2D eigenvalue weighted by Crippen LogP contribution is 2.20. The first-order valence-corrected chi connectivity index (χ1v) is 7.33. The molecule has 1 saturated heterocycles. The van der Waals surface area contributed by atoms with Crippen LogP contribution >= 0.6 is 0 Å². The van der Waals surface area contributed by atoms with Gasteiger partial charge in [-0.3, -0.25) is 4.79 Å². The molecule has 0 aromatic heterocycles. The van der Waals surface area contributed by atoms with Crippen LogP contribution in [0.2, 0.25) is 0 Å². The highest BCUT2D eigenvalue weighted by molar-refractivity contribution is 5.76. The summed E-state index contributed by atoms with van der Waals surface area (Å²) in [5.41, 5.74) is 0. The van der Waals surface area contributed by atoms with Gasteiger partial charge in [0.05, 0.1) is 0 Å². The largest absolute Gasteiger partial charge is 0.396 e. The lowest BCUT2D eigenvalue weighted by Gasteiger charge is -2.38. The van der Waals surface area contributed by atoms with E-state index in [4.69, 9.17) is 5.11 Å². The molecule has 1 amide bonds. The van der Waals surface area contributed by atoms with Gasteiger partial charge < -0.3 is 15.3 Å². The van der Waals surface area contributed by atoms with Crippen molar-refractivity contribution >= 4 is 5.91 Å². The summed E-state index contributed by atoms with van der Waals surface area (Å²) >= 11 is 0. The molecule has 1 rings (SSSR count). The normalized spacial score (nSPS) is 24.3. The Morgan fingerprint density at radius 1 is 1.33 bits per heavy atom. The van der Waals surface area contributed by atoms with Crippen molar-refractivity contribution in [3.8, 4) is 0 Å². The third-order valence-electron chi connectivity index (χ3n) is 3.57. The minimum absolute atomic E-state index is 0.223. The van der Waals surface area contributed by atoms with Crippen molar-refractivity contribution in [1.82, 2.24) is 10.2 Å². The molecule has 2 unspecified atom stereocenters. The smallest absolute Gasteiger partial charge is 0.222 e. The number of hydrogen-bond donors (Lipinski definition) is 2. The molecule has 0 spiro atoms. The number of hydrogen-bond acceptors (Lipinski definition) is 3. The first-order chi connectivity index (χ1) is 8.71. The standard InChI is InChI=1S/C14H28N2O2/c1-3-5-14(18)16-10-12(6-8-17)9-13(11-16)15-7-4-2/h12-13,15,17H,3-11H2,1-2H3. The molecule has 1 aliphatic rings. The summed E-state index contributed by atoms with van der Waals surface area (Å²) in [4.78, 5) is 14.0. The van der Waals surface area contributed by atoms with Crippen molar-refractivity contribution in [2.45, 2.75) is 52.0 Å². The van der Waals surface area contributed by atoms with Crippen LogP contribution in [0.3, 0.4) is 0 Å². The Kier molecular flexibility index (Phi) is 7.28. The van der Waals surface area contributed by atoms with Crippen LogP contribution in [0.15, 0.2) is 0 Å². The SMILES string of the molecule is CCCNC1CC(CCO)CN(C(=O)CCC)C1. The zero-order chi connectivity index (χ0) is 13.4. The van der Waals surface area contributed by atoms with Crippen LogP contribution < -0.4 is 5.32 Å². The van der Waals surface area contributed by atoms with E-state index in [0.29, 0.717) is 18.4 Å². The number of likely N-dealkylation sites (tertiary alicyclic amines) is 1. The van der Waals surface area contributed by atoms with Crippen molar-refractivity contribution < 1.29 is 9.90 Å². The monoisotopic (exact) mass is 256 g/mol. The predicted octanol–water partition coefficient (Wildman–Crippen LogP) is 1.39. The minimum atomic E-state index is 0.223. The van der Waals surface area contributed by atoms with Crippen LogP contribution in [-0.2, 0) is 4.79 Å². The summed E-state index contributed by atoms with van der Waals surface area (Å²) in [7, 11) is 0. The van der Waals surface area contributed by atoms with Crippen LogP contribution in [0.4, 0.5) is 0 Å². The average molecular weight is 256 g/mol. The lowest BCUT2D eigenvalue weighted by atomic mass is 9.91. The summed E-state index contributed by atoms with van der Waals surface area (Å²) in [5.74, 6) is 0.711. The molecule has 0 saturated carbocycles. The number of aliphatic hydroxyl groups is 1. The molecule has 1 fully saturated rings. The van der Waals surface area contributed by atoms with E-state index in [2.05, 4.69) is 12.2 Å². The molecule has 1 heterocycles. The molecular weight excluding hydrogens is 228 g/mol. The van der Waals surface area contributed by atoms with Crippen molar-refractivity contribution in [1.29, 1.82) is 0 Å². The highest BCUT2D eigenvalue weighted by Gasteiger charge is 2.28. The van der Waals surface area contributed by atoms with Gasteiger partial charge in [0.2, 0.25) is 5.91 Å². The van der Waals surface area contributed by atoms with E-state index in [1.54, 1.807) is 0 Å². The molecule has 0 aromatic rings. The van der Waals surface area contributed by atoms with E-state index in [1.807, 2.05) is 11.8 Å². The van der Waals surface area contributed by atoms with Crippen molar-refractivity contribution in [2.75, 3.05) is 26.2 Å². The Hall–Kier alpha value is -0.610. The van der Waals surface area contributed by atoms with Gasteiger partial charge in [-0.05, 0) is 38.1 Å². The van der Waals surface area contributed by atoms with Crippen LogP contribution in [0.5, 0.6) is 0 Å². The zero-order valence-corrected chi connectivity index (χ0v) is 11.8. The molecule has 0 aliphatic carbocycles. The Morgan fingerprint density at radius 2 is 2.11 bits per heavy atom. The van der Waals surface area contributed by atoms with Gasteiger partial charge in [0.1, 0.15) is 0 Å². The van der Waals surface area contributed by atoms with Crippen molar-refractivity contribution in [2.24, 2.45) is 5.92 Å². The highest BCUT2D eigenvalue weighted by atomic mass is 16.3. The van der Waals surface area contributed by atoms with Crippen LogP contribution in [0.25, 0.3) is 0 Å². The fraction of sp³-hybridized carbons (Fsp3) is 0.929. The molecule has 1 aliphatic heterocycles. The molecule has 18 heavy (non-hydrogen) atoms. The number of nitrogens with zero attached hydrogens (tertiary/aromatic N) is 1. The van der Waals surface area contributed by atoms with Gasteiger partial charge in [-0.2, -0.15) is 0 Å². The summed E-state index contributed by atoms with van der Waals surface area (Å²) in [5, 5.41) is 12.6. The first kappa shape index (κ1) is 15.4. The molecule has 4 nitrogen and oxygen atoms in total. The molecule has 106 valence electrons. The number of amides is 1. The van der Waals surface area contributed by atoms with Crippen LogP contribution in [0, 0.1) is 5.92 Å². The van der Waals surface area contributed by atoms with E-state index in [9.17, 15) is 4.79 Å². The number of piperidine rings is 1. The maximum atomic E-state index is 12.0. The molecule has 0 aromatic carbocycles. The fourth-order valence-corrected chi connectivity index (χ4v) is 2.67. The van der Waals surface area contributed by atoms with Crippen molar-refractivity contribution in [3.05, 3.63) is 0 Å². The molecular formula is C14H28N2O2. The zero-order valence-electron chi connectivity index (χ0n) is 11.8. The van der Waals surface area contributed by atoms with Crippen LogP contribution in [0.1, 0.15) is 46.0 Å². The van der Waals surface area contributed by atoms with E-state index >= 15 is 0 Å². The number of carbonyl (C=O) groups excluding carboxylic acids is 1. The molecule has 4 heteroatoms. The summed E-state index contributed by atoms with van der Waals surface area (Å²) in [6, 6.07) is 0.399. The summed E-state index contributed by atoms with van der Waals surface area (Å²) in [6.45, 7) is 7.08. The lowest BCUT2D eigenvalue weighted by Crippen LogP contribution is -2.51. The maximum absolute atomic E-state index is 12.0. The predicted molar refractivity (Wildman–Crippen MR) is 73.4 cm³/mol. The van der Waals surface area contributed by atoms with Crippen molar-refractivity contribution in [3.63, 3.8) is 0 Å². The van der Waals surface area contributed by atoms with Gasteiger partial charge in [-0.15, -0.1) is 0 Å². The Balaban J connectivity index is 2.52. The van der Waals surface area contributed by atoms with E-state index < -0.39 is 0 Å². The van der Waals surface area contributed by atoms with Gasteiger partial charge in [-0.25, -0.2) is 0 Å². The van der Waals surface area contributed by atoms with E-state index in [1.165, 1.54) is 0 Å². The Bertz CT molecular complexity index is 246. The minimum Gasteiger partial charge on any atom is -0.396 e. The second-order valence-electron chi connectivity index (χ2n) is 5.31. The third kappa shape index (κ3) is 4.94. The Labute approximate surface area is 111 Å². The Morgan fingerprint density at radius 3 is 2.72 bits per heavy atom. The number of carbonyl (C=O) groups is 1. The number of rotatable bonds is 7. The number of nitrogens with one attached hydrogen (secondary N) is 1. The van der Waals surface area contributed by atoms with Gasteiger partial charge in [0, 0.05) is 32.2 Å². The summed E-state index contributed by atoms with van der Waals surface area (Å²) < 4.78 is 0. The first-order valence-electron chi connectivity index (χ1n) is 7.33. The lowest BCUT2D eigenvalue weighted by molar-refractivity contribution is -0.133. The molecule has 0 bridgehead atoms. The second kappa shape index (κ2) is 8.48. The quantitative estimate of drug-likeness (QED) is 0.723. The molecule has 2 N–H and O–H groups in total. The van der Waals surface area contributed by atoms with E-state index in [-0.39, 0.29) is 12.5 Å². The number of aliphatic hydroxyl groups excluding tert-OH is 1. The summed E-state index contributed by atoms with van der Waals surface area (Å²) in [6.07, 6.45) is 4.56. The van der Waals surface area contributed by atoms with Gasteiger partial charge in [0.15, 0.2) is 0 Å². The van der Waals surface area contributed by atoms with Gasteiger partial charge in [-0.1, -0.05) is 13.8 Å². The van der Waals surface area contributed by atoms with Gasteiger partial charge in [0.25, 0.3) is 0 Å². The second-order valence-corrected chi connectivity index (χ2v) is 5.31. The van der Waals surface area contributed by atoms with Crippen LogP contribution in [-0.4, -0.2) is 48.2 Å². The van der Waals surface area contributed by atoms with Gasteiger partial charge >= 0.3 is 0 Å². The van der Waals surface area contributed by atoms with E-state index in [0.717, 1.165) is 45.3 Å².